The Hall–Kier alpha value is -3.14. The zero-order valence-corrected chi connectivity index (χ0v) is 14.1. The van der Waals surface area contributed by atoms with Gasteiger partial charge in [-0.3, -0.25) is 14.2 Å². The first-order chi connectivity index (χ1) is 11.9. The van der Waals surface area contributed by atoms with Gasteiger partial charge in [0.15, 0.2) is 0 Å². The standard InChI is InChI=1S/C18H18N4O3/c1-11-6-12(2)8-13(7-11)20-16(23)10-22-17(24)14(9-19)15-4-3-5-21(15)18(22)25/h6-8H,3-5,10H2,1-2H3,(H,20,23). The first-order valence-electron chi connectivity index (χ1n) is 8.05. The number of anilines is 1. The van der Waals surface area contributed by atoms with Gasteiger partial charge in [-0.25, -0.2) is 9.36 Å². The predicted octanol–water partition coefficient (Wildman–Crippen LogP) is 1.08. The number of benzene rings is 1. The van der Waals surface area contributed by atoms with E-state index in [-0.39, 0.29) is 5.56 Å². The Bertz CT molecular complexity index is 1000. The predicted molar refractivity (Wildman–Crippen MR) is 92.5 cm³/mol. The number of hydrogen-bond donors (Lipinski definition) is 1. The van der Waals surface area contributed by atoms with E-state index in [0.29, 0.717) is 30.8 Å². The molecule has 0 unspecified atom stereocenters. The third-order valence-electron chi connectivity index (χ3n) is 4.25. The smallest absolute Gasteiger partial charge is 0.325 e. The molecule has 1 amide bonds. The van der Waals surface area contributed by atoms with Gasteiger partial charge in [0.2, 0.25) is 5.91 Å². The van der Waals surface area contributed by atoms with Crippen LogP contribution in [0.4, 0.5) is 5.69 Å². The molecule has 7 heteroatoms. The molecule has 128 valence electrons. The van der Waals surface area contributed by atoms with Crippen molar-refractivity contribution < 1.29 is 4.79 Å². The van der Waals surface area contributed by atoms with E-state index in [9.17, 15) is 19.6 Å². The SMILES string of the molecule is Cc1cc(C)cc(NC(=O)Cn2c(=O)c(C#N)c3n(c2=O)CCC3)c1. The second-order valence-electron chi connectivity index (χ2n) is 6.29. The van der Waals surface area contributed by atoms with Crippen molar-refractivity contribution in [2.75, 3.05) is 5.32 Å². The van der Waals surface area contributed by atoms with Crippen molar-refractivity contribution in [3.05, 3.63) is 61.4 Å². The topological polar surface area (TPSA) is 96.9 Å². The normalized spacial score (nSPS) is 12.5. The second-order valence-corrected chi connectivity index (χ2v) is 6.29. The summed E-state index contributed by atoms with van der Waals surface area (Å²) in [7, 11) is 0. The van der Waals surface area contributed by atoms with Gasteiger partial charge in [0.05, 0.1) is 0 Å². The Morgan fingerprint density at radius 2 is 1.92 bits per heavy atom. The van der Waals surface area contributed by atoms with Gasteiger partial charge in [0, 0.05) is 17.9 Å². The minimum Gasteiger partial charge on any atom is -0.325 e. The fourth-order valence-corrected chi connectivity index (χ4v) is 3.28. The maximum atomic E-state index is 12.5. The Morgan fingerprint density at radius 1 is 1.24 bits per heavy atom. The molecular weight excluding hydrogens is 320 g/mol. The number of nitrogens with zero attached hydrogens (tertiary/aromatic N) is 3. The highest BCUT2D eigenvalue weighted by Crippen LogP contribution is 2.14. The van der Waals surface area contributed by atoms with Crippen LogP contribution in [0.1, 0.15) is 28.8 Å². The number of nitriles is 1. The van der Waals surface area contributed by atoms with Crippen molar-refractivity contribution in [2.45, 2.75) is 39.8 Å². The average Bonchev–Trinajstić information content (AvgIpc) is 3.00. The molecule has 1 aliphatic rings. The summed E-state index contributed by atoms with van der Waals surface area (Å²) in [6.45, 7) is 3.87. The monoisotopic (exact) mass is 338 g/mol. The first-order valence-corrected chi connectivity index (χ1v) is 8.05. The zero-order chi connectivity index (χ0) is 18.1. The van der Waals surface area contributed by atoms with E-state index in [1.807, 2.05) is 38.1 Å². The highest BCUT2D eigenvalue weighted by molar-refractivity contribution is 5.90. The minimum atomic E-state index is -0.698. The Balaban J connectivity index is 1.93. The molecule has 1 aromatic heterocycles. The van der Waals surface area contributed by atoms with Gasteiger partial charge in [-0.05, 0) is 49.9 Å². The van der Waals surface area contributed by atoms with E-state index in [2.05, 4.69) is 5.32 Å². The van der Waals surface area contributed by atoms with Crippen molar-refractivity contribution in [1.82, 2.24) is 9.13 Å². The number of rotatable bonds is 3. The number of aromatic nitrogens is 2. The van der Waals surface area contributed by atoms with Crippen molar-refractivity contribution in [2.24, 2.45) is 0 Å². The molecule has 25 heavy (non-hydrogen) atoms. The van der Waals surface area contributed by atoms with E-state index >= 15 is 0 Å². The van der Waals surface area contributed by atoms with Crippen molar-refractivity contribution in [1.29, 1.82) is 5.26 Å². The van der Waals surface area contributed by atoms with E-state index in [0.717, 1.165) is 15.7 Å². The van der Waals surface area contributed by atoms with E-state index in [4.69, 9.17) is 0 Å². The number of carbonyl (C=O) groups excluding carboxylic acids is 1. The lowest BCUT2D eigenvalue weighted by atomic mass is 10.1. The first kappa shape index (κ1) is 16.7. The molecule has 0 aliphatic carbocycles. The van der Waals surface area contributed by atoms with E-state index in [1.165, 1.54) is 4.57 Å². The van der Waals surface area contributed by atoms with Gasteiger partial charge in [0.1, 0.15) is 18.2 Å². The third-order valence-corrected chi connectivity index (χ3v) is 4.25. The van der Waals surface area contributed by atoms with Gasteiger partial charge in [-0.15, -0.1) is 0 Å². The molecule has 0 bridgehead atoms. The Morgan fingerprint density at radius 3 is 2.56 bits per heavy atom. The molecule has 1 aromatic carbocycles. The summed E-state index contributed by atoms with van der Waals surface area (Å²) in [4.78, 5) is 37.2. The second kappa shape index (κ2) is 6.40. The Kier molecular flexibility index (Phi) is 4.28. The molecule has 3 rings (SSSR count). The zero-order valence-electron chi connectivity index (χ0n) is 14.1. The molecule has 1 aliphatic heterocycles. The maximum Gasteiger partial charge on any atom is 0.331 e. The van der Waals surface area contributed by atoms with Gasteiger partial charge < -0.3 is 5.32 Å². The fraction of sp³-hybridized carbons (Fsp3) is 0.333. The molecule has 0 saturated heterocycles. The molecular formula is C18H18N4O3. The van der Waals surface area contributed by atoms with Crippen molar-refractivity contribution >= 4 is 11.6 Å². The van der Waals surface area contributed by atoms with Gasteiger partial charge >= 0.3 is 5.69 Å². The van der Waals surface area contributed by atoms with Crippen LogP contribution in [0.2, 0.25) is 0 Å². The Labute approximate surface area is 144 Å². The average molecular weight is 338 g/mol. The van der Waals surface area contributed by atoms with Crippen LogP contribution in [0.5, 0.6) is 0 Å². The number of nitrogens with one attached hydrogen (secondary N) is 1. The molecule has 2 heterocycles. The van der Waals surface area contributed by atoms with Gasteiger partial charge in [-0.2, -0.15) is 5.26 Å². The molecule has 0 atom stereocenters. The van der Waals surface area contributed by atoms with E-state index < -0.39 is 23.7 Å². The van der Waals surface area contributed by atoms with Gasteiger partial charge in [-0.1, -0.05) is 6.07 Å². The van der Waals surface area contributed by atoms with Crippen molar-refractivity contribution in [3.8, 4) is 6.07 Å². The number of aryl methyl sites for hydroxylation is 2. The largest absolute Gasteiger partial charge is 0.331 e. The minimum absolute atomic E-state index is 0.0451. The lowest BCUT2D eigenvalue weighted by molar-refractivity contribution is -0.116. The molecule has 7 nitrogen and oxygen atoms in total. The van der Waals surface area contributed by atoms with Gasteiger partial charge in [0.25, 0.3) is 5.56 Å². The molecule has 1 N–H and O–H groups in total. The highest BCUT2D eigenvalue weighted by Gasteiger charge is 2.23. The summed E-state index contributed by atoms with van der Waals surface area (Å²) in [5.74, 6) is -0.480. The van der Waals surface area contributed by atoms with Crippen molar-refractivity contribution in [3.63, 3.8) is 0 Å². The number of amides is 1. The molecule has 0 radical (unpaired) electrons. The van der Waals surface area contributed by atoms with Crippen LogP contribution in [0.3, 0.4) is 0 Å². The lowest BCUT2D eigenvalue weighted by Gasteiger charge is -2.11. The third kappa shape index (κ3) is 3.11. The summed E-state index contributed by atoms with van der Waals surface area (Å²) >= 11 is 0. The molecule has 0 spiro atoms. The number of fused-ring (bicyclic) bond motifs is 1. The van der Waals surface area contributed by atoms with Crippen LogP contribution >= 0.6 is 0 Å². The fourth-order valence-electron chi connectivity index (χ4n) is 3.28. The maximum absolute atomic E-state index is 12.5. The summed E-state index contributed by atoms with van der Waals surface area (Å²) in [6.07, 6.45) is 1.24. The summed E-state index contributed by atoms with van der Waals surface area (Å²) in [5, 5.41) is 12.0. The molecule has 0 fully saturated rings. The number of hydrogen-bond acceptors (Lipinski definition) is 4. The summed E-state index contributed by atoms with van der Waals surface area (Å²) in [5.41, 5.74) is 1.80. The molecule has 2 aromatic rings. The molecule has 0 saturated carbocycles. The summed E-state index contributed by atoms with van der Waals surface area (Å²) in [6, 6.07) is 7.47. The van der Waals surface area contributed by atoms with Crippen LogP contribution in [-0.4, -0.2) is 15.0 Å². The van der Waals surface area contributed by atoms with Crippen LogP contribution in [0.25, 0.3) is 0 Å². The van der Waals surface area contributed by atoms with Crippen LogP contribution in [-0.2, 0) is 24.3 Å². The lowest BCUT2D eigenvalue weighted by Crippen LogP contribution is -2.44. The van der Waals surface area contributed by atoms with Crippen LogP contribution in [0, 0.1) is 25.2 Å². The number of carbonyl (C=O) groups is 1. The summed E-state index contributed by atoms with van der Waals surface area (Å²) < 4.78 is 2.26. The highest BCUT2D eigenvalue weighted by atomic mass is 16.2. The van der Waals surface area contributed by atoms with Crippen LogP contribution in [0.15, 0.2) is 27.8 Å². The van der Waals surface area contributed by atoms with E-state index in [1.54, 1.807) is 0 Å². The quantitative estimate of drug-likeness (QED) is 0.906. The van der Waals surface area contributed by atoms with Crippen LogP contribution < -0.4 is 16.6 Å².